The quantitative estimate of drug-likeness (QED) is 0.740. The van der Waals surface area contributed by atoms with E-state index >= 15 is 0 Å². The minimum atomic E-state index is 0.255. The van der Waals surface area contributed by atoms with E-state index in [1.54, 1.807) is 18.2 Å². The summed E-state index contributed by atoms with van der Waals surface area (Å²) in [6, 6.07) is 16.8. The van der Waals surface area contributed by atoms with Crippen molar-refractivity contribution in [2.24, 2.45) is 0 Å². The normalized spacial score (nSPS) is 10.6. The summed E-state index contributed by atoms with van der Waals surface area (Å²) in [6.07, 6.45) is 0. The van der Waals surface area contributed by atoms with Crippen molar-refractivity contribution < 1.29 is 9.63 Å². The van der Waals surface area contributed by atoms with Gasteiger partial charge in [-0.2, -0.15) is 4.98 Å². The topological polar surface area (TPSA) is 59.2 Å². The van der Waals surface area contributed by atoms with Gasteiger partial charge in [-0.15, -0.1) is 11.8 Å². The zero-order chi connectivity index (χ0) is 13.8. The summed E-state index contributed by atoms with van der Waals surface area (Å²) in [5.74, 6) is 1.99. The van der Waals surface area contributed by atoms with Crippen molar-refractivity contribution in [1.29, 1.82) is 0 Å². The van der Waals surface area contributed by atoms with Crippen LogP contribution >= 0.6 is 11.8 Å². The standard InChI is InChI=1S/C15H12N2O2S/c18-12-7-4-8-13(9-12)20-10-14-16-15(17-19-14)11-5-2-1-3-6-11/h1-9,18H,10H2. The summed E-state index contributed by atoms with van der Waals surface area (Å²) in [5.41, 5.74) is 0.935. The Kier molecular flexibility index (Phi) is 3.69. The molecule has 0 saturated carbocycles. The molecular formula is C15H12N2O2S. The van der Waals surface area contributed by atoms with Gasteiger partial charge in [0.05, 0.1) is 5.75 Å². The predicted molar refractivity (Wildman–Crippen MR) is 77.4 cm³/mol. The van der Waals surface area contributed by atoms with Crippen LogP contribution in [0.15, 0.2) is 64.0 Å². The summed E-state index contributed by atoms with van der Waals surface area (Å²) >= 11 is 1.54. The Morgan fingerprint density at radius 1 is 1.05 bits per heavy atom. The Morgan fingerprint density at radius 2 is 1.90 bits per heavy atom. The molecule has 0 bridgehead atoms. The Morgan fingerprint density at radius 3 is 2.70 bits per heavy atom. The molecule has 0 saturated heterocycles. The molecule has 0 atom stereocenters. The third-order valence-electron chi connectivity index (χ3n) is 2.68. The van der Waals surface area contributed by atoms with Gasteiger partial charge in [0.15, 0.2) is 0 Å². The minimum Gasteiger partial charge on any atom is -0.508 e. The van der Waals surface area contributed by atoms with Crippen molar-refractivity contribution in [3.8, 4) is 17.1 Å². The fourth-order valence-corrected chi connectivity index (χ4v) is 2.52. The maximum absolute atomic E-state index is 9.40. The van der Waals surface area contributed by atoms with Gasteiger partial charge in [0.1, 0.15) is 5.75 Å². The second-order valence-corrected chi connectivity index (χ2v) is 5.21. The Bertz CT molecular complexity index is 698. The molecule has 20 heavy (non-hydrogen) atoms. The van der Waals surface area contributed by atoms with Gasteiger partial charge in [-0.3, -0.25) is 0 Å². The number of hydrogen-bond acceptors (Lipinski definition) is 5. The first-order valence-electron chi connectivity index (χ1n) is 6.11. The molecule has 0 spiro atoms. The smallest absolute Gasteiger partial charge is 0.237 e. The Hall–Kier alpha value is -2.27. The lowest BCUT2D eigenvalue weighted by Crippen LogP contribution is -1.82. The van der Waals surface area contributed by atoms with E-state index in [-0.39, 0.29) is 5.75 Å². The number of phenols is 1. The molecule has 4 nitrogen and oxygen atoms in total. The van der Waals surface area contributed by atoms with Gasteiger partial charge in [-0.05, 0) is 18.2 Å². The maximum Gasteiger partial charge on any atom is 0.237 e. The average Bonchev–Trinajstić information content (AvgIpc) is 2.95. The lowest BCUT2D eigenvalue weighted by atomic mass is 10.2. The molecule has 0 radical (unpaired) electrons. The third kappa shape index (κ3) is 3.00. The van der Waals surface area contributed by atoms with Crippen LogP contribution in [0.2, 0.25) is 0 Å². The van der Waals surface area contributed by atoms with E-state index in [1.807, 2.05) is 36.4 Å². The van der Waals surface area contributed by atoms with Crippen LogP contribution in [-0.4, -0.2) is 15.2 Å². The zero-order valence-electron chi connectivity index (χ0n) is 10.6. The summed E-state index contributed by atoms with van der Waals surface area (Å²) in [4.78, 5) is 5.32. The van der Waals surface area contributed by atoms with E-state index in [1.165, 1.54) is 11.8 Å². The lowest BCUT2D eigenvalue weighted by molar-refractivity contribution is 0.391. The Balaban J connectivity index is 1.69. The summed E-state index contributed by atoms with van der Waals surface area (Å²) in [7, 11) is 0. The van der Waals surface area contributed by atoms with Crippen LogP contribution in [0.1, 0.15) is 5.89 Å². The fourth-order valence-electron chi connectivity index (χ4n) is 1.74. The first-order valence-corrected chi connectivity index (χ1v) is 7.10. The molecule has 3 aromatic rings. The van der Waals surface area contributed by atoms with Gasteiger partial charge in [-0.1, -0.05) is 41.6 Å². The number of rotatable bonds is 4. The molecule has 0 aliphatic heterocycles. The molecule has 1 aromatic heterocycles. The number of phenolic OH excluding ortho intramolecular Hbond substituents is 1. The van der Waals surface area contributed by atoms with Crippen LogP contribution in [0.4, 0.5) is 0 Å². The molecular weight excluding hydrogens is 272 g/mol. The highest BCUT2D eigenvalue weighted by molar-refractivity contribution is 7.98. The van der Waals surface area contributed by atoms with Crippen LogP contribution in [0.5, 0.6) is 5.75 Å². The molecule has 100 valence electrons. The van der Waals surface area contributed by atoms with E-state index in [0.29, 0.717) is 17.5 Å². The third-order valence-corrected chi connectivity index (χ3v) is 3.66. The van der Waals surface area contributed by atoms with E-state index in [9.17, 15) is 5.11 Å². The highest BCUT2D eigenvalue weighted by Crippen LogP contribution is 2.25. The predicted octanol–water partition coefficient (Wildman–Crippen LogP) is 3.73. The van der Waals surface area contributed by atoms with E-state index in [0.717, 1.165) is 10.5 Å². The monoisotopic (exact) mass is 284 g/mol. The average molecular weight is 284 g/mol. The number of aromatic hydroxyl groups is 1. The molecule has 1 N–H and O–H groups in total. The molecule has 3 rings (SSSR count). The van der Waals surface area contributed by atoms with Gasteiger partial charge in [0.25, 0.3) is 0 Å². The van der Waals surface area contributed by atoms with Crippen molar-refractivity contribution >= 4 is 11.8 Å². The zero-order valence-corrected chi connectivity index (χ0v) is 11.4. The van der Waals surface area contributed by atoms with Crippen molar-refractivity contribution in [3.63, 3.8) is 0 Å². The van der Waals surface area contributed by atoms with Crippen LogP contribution < -0.4 is 0 Å². The summed E-state index contributed by atoms with van der Waals surface area (Å²) in [6.45, 7) is 0. The molecule has 0 aliphatic carbocycles. The van der Waals surface area contributed by atoms with E-state index in [2.05, 4.69) is 10.1 Å². The molecule has 5 heteroatoms. The number of aromatic nitrogens is 2. The van der Waals surface area contributed by atoms with Crippen LogP contribution in [0, 0.1) is 0 Å². The summed E-state index contributed by atoms with van der Waals surface area (Å²) in [5, 5.41) is 13.4. The Labute approximate surface area is 120 Å². The van der Waals surface area contributed by atoms with Gasteiger partial charge >= 0.3 is 0 Å². The second-order valence-electron chi connectivity index (χ2n) is 4.16. The number of nitrogens with zero attached hydrogens (tertiary/aromatic N) is 2. The second kappa shape index (κ2) is 5.79. The van der Waals surface area contributed by atoms with Gasteiger partial charge < -0.3 is 9.63 Å². The highest BCUT2D eigenvalue weighted by atomic mass is 32.2. The fraction of sp³-hybridized carbons (Fsp3) is 0.0667. The number of thioether (sulfide) groups is 1. The molecule has 2 aromatic carbocycles. The van der Waals surface area contributed by atoms with Crippen molar-refractivity contribution in [2.45, 2.75) is 10.6 Å². The lowest BCUT2D eigenvalue weighted by Gasteiger charge is -1.98. The van der Waals surface area contributed by atoms with Crippen molar-refractivity contribution in [1.82, 2.24) is 10.1 Å². The van der Waals surface area contributed by atoms with E-state index in [4.69, 9.17) is 4.52 Å². The van der Waals surface area contributed by atoms with Crippen LogP contribution in [-0.2, 0) is 5.75 Å². The SMILES string of the molecule is Oc1cccc(SCc2nc(-c3ccccc3)no2)c1. The first kappa shape index (κ1) is 12.7. The van der Waals surface area contributed by atoms with Crippen molar-refractivity contribution in [3.05, 3.63) is 60.5 Å². The first-order chi connectivity index (χ1) is 9.81. The minimum absolute atomic E-state index is 0.255. The van der Waals surface area contributed by atoms with Crippen molar-refractivity contribution in [2.75, 3.05) is 0 Å². The molecule has 0 amide bonds. The molecule has 1 heterocycles. The van der Waals surface area contributed by atoms with Gasteiger partial charge in [0, 0.05) is 10.5 Å². The van der Waals surface area contributed by atoms with Gasteiger partial charge in [-0.25, -0.2) is 0 Å². The van der Waals surface area contributed by atoms with Crippen LogP contribution in [0.3, 0.4) is 0 Å². The maximum atomic E-state index is 9.40. The molecule has 0 aliphatic rings. The van der Waals surface area contributed by atoms with E-state index < -0.39 is 0 Å². The largest absolute Gasteiger partial charge is 0.508 e. The van der Waals surface area contributed by atoms with Crippen LogP contribution in [0.25, 0.3) is 11.4 Å². The molecule has 0 fully saturated rings. The number of benzene rings is 2. The highest BCUT2D eigenvalue weighted by Gasteiger charge is 2.08. The molecule has 0 unspecified atom stereocenters. The van der Waals surface area contributed by atoms with Gasteiger partial charge in [0.2, 0.25) is 11.7 Å². The summed E-state index contributed by atoms with van der Waals surface area (Å²) < 4.78 is 5.23. The number of hydrogen-bond donors (Lipinski definition) is 1.